The maximum absolute atomic E-state index is 2.57. The van der Waals surface area contributed by atoms with Crippen LogP contribution in [0.25, 0.3) is 0 Å². The molecule has 134 valence electrons. The Labute approximate surface area is 146 Å². The molecule has 3 aliphatic carbocycles. The largest absolute Gasteiger partial charge is 0.0883 e. The van der Waals surface area contributed by atoms with Crippen molar-refractivity contribution in [3.63, 3.8) is 0 Å². The molecule has 0 amide bonds. The molecule has 3 rings (SSSR count). The first kappa shape index (κ1) is 19.1. The monoisotopic (exact) mass is 318 g/mol. The molecular formula is C23H42. The Bertz CT molecular complexity index is 295. The van der Waals surface area contributed by atoms with Crippen molar-refractivity contribution in [3.05, 3.63) is 12.2 Å². The summed E-state index contributed by atoms with van der Waals surface area (Å²) in [6.45, 7) is 2.39. The minimum Gasteiger partial charge on any atom is -0.0883 e. The Kier molecular flexibility index (Phi) is 10.1. The van der Waals surface area contributed by atoms with Crippen LogP contribution in [-0.4, -0.2) is 0 Å². The minimum absolute atomic E-state index is 0.860. The van der Waals surface area contributed by atoms with Gasteiger partial charge < -0.3 is 0 Å². The molecule has 0 heteroatoms. The lowest BCUT2D eigenvalue weighted by atomic mass is 9.76. The van der Waals surface area contributed by atoms with E-state index in [1.807, 2.05) is 0 Å². The quantitative estimate of drug-likeness (QED) is 0.429. The topological polar surface area (TPSA) is 0 Å². The summed E-state index contributed by atoms with van der Waals surface area (Å²) in [5.74, 6) is 2.96. The van der Waals surface area contributed by atoms with Gasteiger partial charge in [-0.05, 0) is 43.4 Å². The van der Waals surface area contributed by atoms with Crippen LogP contribution >= 0.6 is 0 Å². The molecule has 0 heterocycles. The summed E-state index contributed by atoms with van der Waals surface area (Å²) in [5.41, 5.74) is 0. The molecule has 1 saturated carbocycles. The minimum atomic E-state index is 0.860. The van der Waals surface area contributed by atoms with Crippen molar-refractivity contribution >= 4 is 0 Å². The fourth-order valence-electron chi connectivity index (χ4n) is 4.79. The molecule has 0 spiro atoms. The van der Waals surface area contributed by atoms with Gasteiger partial charge in [0.25, 0.3) is 0 Å². The summed E-state index contributed by atoms with van der Waals surface area (Å²) >= 11 is 0. The molecule has 0 aromatic carbocycles. The Balaban J connectivity index is 1.78. The van der Waals surface area contributed by atoms with Crippen LogP contribution in [-0.2, 0) is 0 Å². The van der Waals surface area contributed by atoms with Crippen LogP contribution in [0.4, 0.5) is 0 Å². The lowest BCUT2D eigenvalue weighted by molar-refractivity contribution is 0.233. The van der Waals surface area contributed by atoms with Gasteiger partial charge in [0, 0.05) is 0 Å². The first-order chi connectivity index (χ1) is 11.4. The van der Waals surface area contributed by atoms with E-state index in [0.29, 0.717) is 0 Å². The van der Waals surface area contributed by atoms with E-state index in [2.05, 4.69) is 19.1 Å². The second-order valence-electron chi connectivity index (χ2n) is 8.48. The average molecular weight is 319 g/mol. The highest BCUT2D eigenvalue weighted by Crippen LogP contribution is 2.36. The normalized spacial score (nSPS) is 34.2. The maximum Gasteiger partial charge on any atom is -0.0234 e. The number of allylic oxidation sites excluding steroid dienone is 2. The molecular weight excluding hydrogens is 276 g/mol. The molecule has 0 radical (unpaired) electrons. The van der Waals surface area contributed by atoms with Crippen molar-refractivity contribution in [2.45, 2.75) is 116 Å². The van der Waals surface area contributed by atoms with E-state index < -0.39 is 0 Å². The lowest BCUT2D eigenvalue weighted by Crippen LogP contribution is -2.17. The van der Waals surface area contributed by atoms with Gasteiger partial charge in [-0.3, -0.25) is 0 Å². The maximum atomic E-state index is 2.57. The second kappa shape index (κ2) is 12.2. The van der Waals surface area contributed by atoms with Crippen molar-refractivity contribution in [2.75, 3.05) is 0 Å². The molecule has 0 aliphatic heterocycles. The molecule has 23 heavy (non-hydrogen) atoms. The van der Waals surface area contributed by atoms with E-state index in [1.54, 1.807) is 0 Å². The van der Waals surface area contributed by atoms with Gasteiger partial charge in [-0.2, -0.15) is 0 Å². The summed E-state index contributed by atoms with van der Waals surface area (Å²) in [6.07, 6.45) is 30.2. The average Bonchev–Trinajstić information content (AvgIpc) is 2.58. The summed E-state index contributed by atoms with van der Waals surface area (Å²) in [6, 6.07) is 0. The molecule has 0 aromatic rings. The van der Waals surface area contributed by atoms with Crippen LogP contribution in [0.15, 0.2) is 12.2 Å². The number of hydrogen-bond donors (Lipinski definition) is 0. The summed E-state index contributed by atoms with van der Waals surface area (Å²) in [7, 11) is 0. The van der Waals surface area contributed by atoms with Gasteiger partial charge in [-0.15, -0.1) is 0 Å². The summed E-state index contributed by atoms with van der Waals surface area (Å²) in [5, 5.41) is 0. The molecule has 0 saturated heterocycles. The van der Waals surface area contributed by atoms with Gasteiger partial charge >= 0.3 is 0 Å². The summed E-state index contributed by atoms with van der Waals surface area (Å²) in [4.78, 5) is 0. The zero-order chi connectivity index (χ0) is 16.2. The van der Waals surface area contributed by atoms with Crippen LogP contribution < -0.4 is 0 Å². The van der Waals surface area contributed by atoms with Crippen molar-refractivity contribution in [3.8, 4) is 0 Å². The highest BCUT2D eigenvalue weighted by molar-refractivity contribution is 4.89. The third-order valence-electron chi connectivity index (χ3n) is 6.52. The summed E-state index contributed by atoms with van der Waals surface area (Å²) < 4.78 is 0. The van der Waals surface area contributed by atoms with Gasteiger partial charge in [0.05, 0.1) is 0 Å². The fraction of sp³-hybridized carbons (Fsp3) is 0.913. The Hall–Kier alpha value is -0.260. The van der Waals surface area contributed by atoms with Crippen LogP contribution in [0, 0.1) is 17.8 Å². The molecule has 3 aliphatic rings. The first-order valence-electron chi connectivity index (χ1n) is 11.0. The highest BCUT2D eigenvalue weighted by Gasteiger charge is 2.22. The third kappa shape index (κ3) is 8.41. The molecule has 1 fully saturated rings. The van der Waals surface area contributed by atoms with E-state index in [0.717, 1.165) is 17.8 Å². The van der Waals surface area contributed by atoms with Gasteiger partial charge in [0.1, 0.15) is 0 Å². The second-order valence-corrected chi connectivity index (χ2v) is 8.48. The van der Waals surface area contributed by atoms with Gasteiger partial charge in [0.2, 0.25) is 0 Å². The third-order valence-corrected chi connectivity index (χ3v) is 6.52. The molecule has 0 N–H and O–H groups in total. The van der Waals surface area contributed by atoms with Gasteiger partial charge in [-0.1, -0.05) is 103 Å². The zero-order valence-corrected chi connectivity index (χ0v) is 15.9. The van der Waals surface area contributed by atoms with Crippen LogP contribution in [0.5, 0.6) is 0 Å². The van der Waals surface area contributed by atoms with E-state index in [4.69, 9.17) is 0 Å². The van der Waals surface area contributed by atoms with Crippen LogP contribution in [0.2, 0.25) is 0 Å². The van der Waals surface area contributed by atoms with Crippen LogP contribution in [0.1, 0.15) is 116 Å². The molecule has 1 atom stereocenters. The number of rotatable bonds is 1. The zero-order valence-electron chi connectivity index (χ0n) is 15.9. The smallest absolute Gasteiger partial charge is 0.0234 e. The van der Waals surface area contributed by atoms with Crippen LogP contribution in [0.3, 0.4) is 0 Å². The lowest BCUT2D eigenvalue weighted by Gasteiger charge is -2.30. The first-order valence-corrected chi connectivity index (χ1v) is 11.0. The predicted octanol–water partition coefficient (Wildman–Crippen LogP) is 8.07. The molecule has 1 unspecified atom stereocenters. The standard InChI is InChI=1S/C23H42/c1-2-21-14-12-10-8-6-4-3-5-7-9-11-13-15-22-16-18-23(20-21)19-17-22/h12,14,21-23H,2-11,13,15-20H2,1H3/b14-12-. The molecule has 0 nitrogen and oxygen atoms in total. The van der Waals surface area contributed by atoms with Crippen molar-refractivity contribution < 1.29 is 0 Å². The highest BCUT2D eigenvalue weighted by atomic mass is 14.3. The van der Waals surface area contributed by atoms with E-state index >= 15 is 0 Å². The predicted molar refractivity (Wildman–Crippen MR) is 104 cm³/mol. The SMILES string of the molecule is CCC1/C=C\CCCCCCCCCCCC2CCC(CC2)C1. The number of fused-ring (bicyclic) bond motifs is 15. The van der Waals surface area contributed by atoms with E-state index in [-0.39, 0.29) is 0 Å². The van der Waals surface area contributed by atoms with Gasteiger partial charge in [0.15, 0.2) is 0 Å². The number of hydrogen-bond acceptors (Lipinski definition) is 0. The fourth-order valence-corrected chi connectivity index (χ4v) is 4.79. The van der Waals surface area contributed by atoms with E-state index in [9.17, 15) is 0 Å². The van der Waals surface area contributed by atoms with E-state index in [1.165, 1.54) is 109 Å². The van der Waals surface area contributed by atoms with Gasteiger partial charge in [-0.25, -0.2) is 0 Å². The Morgan fingerprint density at radius 2 is 1.22 bits per heavy atom. The van der Waals surface area contributed by atoms with Crippen molar-refractivity contribution in [2.24, 2.45) is 17.8 Å². The van der Waals surface area contributed by atoms with Crippen molar-refractivity contribution in [1.29, 1.82) is 0 Å². The molecule has 2 bridgehead atoms. The molecule has 0 aromatic heterocycles. The Morgan fingerprint density at radius 3 is 1.87 bits per heavy atom. The van der Waals surface area contributed by atoms with Crippen molar-refractivity contribution in [1.82, 2.24) is 0 Å². The Morgan fingerprint density at radius 1 is 0.652 bits per heavy atom.